The van der Waals surface area contributed by atoms with Crippen molar-refractivity contribution in [3.05, 3.63) is 35.4 Å². The molecule has 108 valence electrons. The minimum atomic E-state index is 0.0479. The Morgan fingerprint density at radius 3 is 1.95 bits per heavy atom. The van der Waals surface area contributed by atoms with Gasteiger partial charge in [0, 0.05) is 11.6 Å². The first-order valence-corrected chi connectivity index (χ1v) is 7.53. The van der Waals surface area contributed by atoms with Gasteiger partial charge in [0.15, 0.2) is 0 Å². The Morgan fingerprint density at radius 2 is 1.58 bits per heavy atom. The Balaban J connectivity index is 2.99. The van der Waals surface area contributed by atoms with E-state index in [2.05, 4.69) is 64.0 Å². The summed E-state index contributed by atoms with van der Waals surface area (Å²) >= 11 is 0. The fourth-order valence-electron chi connectivity index (χ4n) is 3.09. The first-order valence-electron chi connectivity index (χ1n) is 7.53. The number of aryl methyl sites for hydroxylation is 1. The van der Waals surface area contributed by atoms with E-state index in [1.54, 1.807) is 0 Å². The third-order valence-electron chi connectivity index (χ3n) is 4.57. The van der Waals surface area contributed by atoms with Crippen LogP contribution in [0, 0.1) is 0 Å². The lowest BCUT2D eigenvalue weighted by atomic mass is 9.80. The zero-order valence-electron chi connectivity index (χ0n) is 13.2. The Labute approximate surface area is 119 Å². The van der Waals surface area contributed by atoms with Crippen LogP contribution in [0.4, 0.5) is 0 Å². The Bertz CT molecular complexity index is 363. The monoisotopic (exact) mass is 262 g/mol. The highest BCUT2D eigenvalue weighted by Gasteiger charge is 2.36. The van der Waals surface area contributed by atoms with Crippen molar-refractivity contribution in [2.75, 3.05) is 14.1 Å². The second-order valence-corrected chi connectivity index (χ2v) is 5.67. The van der Waals surface area contributed by atoms with Crippen molar-refractivity contribution >= 4 is 0 Å². The summed E-state index contributed by atoms with van der Waals surface area (Å²) < 4.78 is 0. The first kappa shape index (κ1) is 16.2. The minimum absolute atomic E-state index is 0.0479. The van der Waals surface area contributed by atoms with Gasteiger partial charge in [0.2, 0.25) is 0 Å². The van der Waals surface area contributed by atoms with Crippen molar-refractivity contribution in [2.24, 2.45) is 5.73 Å². The van der Waals surface area contributed by atoms with Crippen molar-refractivity contribution in [3.63, 3.8) is 0 Å². The molecular weight excluding hydrogens is 232 g/mol. The van der Waals surface area contributed by atoms with Gasteiger partial charge >= 0.3 is 0 Å². The van der Waals surface area contributed by atoms with Gasteiger partial charge in [-0.15, -0.1) is 0 Å². The summed E-state index contributed by atoms with van der Waals surface area (Å²) in [6.07, 6.45) is 4.47. The van der Waals surface area contributed by atoms with Crippen LogP contribution in [0.3, 0.4) is 0 Å². The summed E-state index contributed by atoms with van der Waals surface area (Å²) in [7, 11) is 4.27. The highest BCUT2D eigenvalue weighted by atomic mass is 15.2. The average Bonchev–Trinajstić information content (AvgIpc) is 2.41. The molecule has 19 heavy (non-hydrogen) atoms. The summed E-state index contributed by atoms with van der Waals surface area (Å²) in [6.45, 7) is 6.68. The van der Waals surface area contributed by atoms with Gasteiger partial charge in [-0.3, -0.25) is 0 Å². The number of hydrogen-bond acceptors (Lipinski definition) is 2. The van der Waals surface area contributed by atoms with Gasteiger partial charge in [-0.1, -0.05) is 51.5 Å². The van der Waals surface area contributed by atoms with E-state index in [0.717, 1.165) is 19.3 Å². The molecular formula is C17H30N2. The zero-order valence-corrected chi connectivity index (χ0v) is 13.2. The smallest absolute Gasteiger partial charge is 0.0481 e. The fraction of sp³-hybridized carbons (Fsp3) is 0.647. The van der Waals surface area contributed by atoms with Gasteiger partial charge in [0.25, 0.3) is 0 Å². The van der Waals surface area contributed by atoms with E-state index in [4.69, 9.17) is 5.73 Å². The molecule has 1 aromatic rings. The lowest BCUT2D eigenvalue weighted by Crippen LogP contribution is -2.51. The lowest BCUT2D eigenvalue weighted by Gasteiger charge is -2.43. The summed E-state index contributed by atoms with van der Waals surface area (Å²) in [5.41, 5.74) is 9.28. The van der Waals surface area contributed by atoms with Crippen LogP contribution in [0.1, 0.15) is 57.2 Å². The van der Waals surface area contributed by atoms with Crippen LogP contribution in [0.25, 0.3) is 0 Å². The second-order valence-electron chi connectivity index (χ2n) is 5.67. The third-order valence-corrected chi connectivity index (χ3v) is 4.57. The zero-order chi connectivity index (χ0) is 14.5. The van der Waals surface area contributed by atoms with Crippen molar-refractivity contribution in [2.45, 2.75) is 58.0 Å². The SMILES string of the molecule is CCCc1ccc(C(N)C(CC)(CC)N(C)C)cc1. The quantitative estimate of drug-likeness (QED) is 0.810. The summed E-state index contributed by atoms with van der Waals surface area (Å²) in [4.78, 5) is 2.29. The summed E-state index contributed by atoms with van der Waals surface area (Å²) in [5, 5.41) is 0. The molecule has 1 aromatic carbocycles. The molecule has 0 spiro atoms. The average molecular weight is 262 g/mol. The van der Waals surface area contributed by atoms with E-state index in [1.807, 2.05) is 0 Å². The number of likely N-dealkylation sites (N-methyl/N-ethyl adjacent to an activating group) is 1. The number of rotatable bonds is 7. The van der Waals surface area contributed by atoms with Crippen molar-refractivity contribution in [3.8, 4) is 0 Å². The molecule has 0 aromatic heterocycles. The van der Waals surface area contributed by atoms with Crippen LogP contribution >= 0.6 is 0 Å². The van der Waals surface area contributed by atoms with Gasteiger partial charge in [0.05, 0.1) is 0 Å². The maximum Gasteiger partial charge on any atom is 0.0481 e. The maximum atomic E-state index is 6.58. The Kier molecular flexibility index (Phi) is 6.02. The molecule has 0 radical (unpaired) electrons. The van der Waals surface area contributed by atoms with Crippen LogP contribution in [-0.2, 0) is 6.42 Å². The molecule has 1 rings (SSSR count). The molecule has 0 aliphatic heterocycles. The molecule has 2 N–H and O–H groups in total. The molecule has 0 aliphatic rings. The van der Waals surface area contributed by atoms with Gasteiger partial charge < -0.3 is 10.6 Å². The van der Waals surface area contributed by atoms with E-state index in [0.29, 0.717) is 0 Å². The standard InChI is InChI=1S/C17H30N2/c1-6-9-14-10-12-15(13-11-14)16(18)17(7-2,8-3)19(4)5/h10-13,16H,6-9,18H2,1-5H3. The molecule has 1 unspecified atom stereocenters. The molecule has 0 aliphatic carbocycles. The molecule has 0 fully saturated rings. The molecule has 0 bridgehead atoms. The molecule has 0 heterocycles. The van der Waals surface area contributed by atoms with E-state index in [-0.39, 0.29) is 11.6 Å². The van der Waals surface area contributed by atoms with E-state index in [9.17, 15) is 0 Å². The van der Waals surface area contributed by atoms with Crippen LogP contribution in [0.2, 0.25) is 0 Å². The van der Waals surface area contributed by atoms with Gasteiger partial charge in [-0.25, -0.2) is 0 Å². The van der Waals surface area contributed by atoms with Crippen LogP contribution in [0.15, 0.2) is 24.3 Å². The molecule has 0 amide bonds. The van der Waals surface area contributed by atoms with Gasteiger partial charge in [-0.2, -0.15) is 0 Å². The number of nitrogens with two attached hydrogens (primary N) is 1. The molecule has 2 heteroatoms. The first-order chi connectivity index (χ1) is 9.01. The predicted molar refractivity (Wildman–Crippen MR) is 84.4 cm³/mol. The fourth-order valence-corrected chi connectivity index (χ4v) is 3.09. The topological polar surface area (TPSA) is 29.3 Å². The Morgan fingerprint density at radius 1 is 1.05 bits per heavy atom. The van der Waals surface area contributed by atoms with Crippen molar-refractivity contribution in [1.29, 1.82) is 0 Å². The van der Waals surface area contributed by atoms with Gasteiger partial charge in [0.1, 0.15) is 0 Å². The number of nitrogens with zero attached hydrogens (tertiary/aromatic N) is 1. The highest BCUT2D eigenvalue weighted by molar-refractivity contribution is 5.27. The normalized spacial score (nSPS) is 13.8. The largest absolute Gasteiger partial charge is 0.322 e. The van der Waals surface area contributed by atoms with Crippen LogP contribution < -0.4 is 5.73 Å². The minimum Gasteiger partial charge on any atom is -0.322 e. The summed E-state index contributed by atoms with van der Waals surface area (Å²) in [6, 6.07) is 8.93. The second kappa shape index (κ2) is 7.06. The third kappa shape index (κ3) is 3.37. The lowest BCUT2D eigenvalue weighted by molar-refractivity contribution is 0.106. The Hall–Kier alpha value is -0.860. The number of benzene rings is 1. The van der Waals surface area contributed by atoms with Crippen molar-refractivity contribution < 1.29 is 0 Å². The van der Waals surface area contributed by atoms with Gasteiger partial charge in [-0.05, 0) is 44.5 Å². The molecule has 0 saturated carbocycles. The molecule has 0 saturated heterocycles. The maximum absolute atomic E-state index is 6.58. The van der Waals surface area contributed by atoms with E-state index < -0.39 is 0 Å². The summed E-state index contributed by atoms with van der Waals surface area (Å²) in [5.74, 6) is 0. The molecule has 1 atom stereocenters. The molecule has 2 nitrogen and oxygen atoms in total. The van der Waals surface area contributed by atoms with Crippen molar-refractivity contribution in [1.82, 2.24) is 4.90 Å². The predicted octanol–water partition coefficient (Wildman–Crippen LogP) is 3.76. The van der Waals surface area contributed by atoms with E-state index in [1.165, 1.54) is 17.5 Å². The number of hydrogen-bond donors (Lipinski definition) is 1. The van der Waals surface area contributed by atoms with Crippen LogP contribution in [-0.4, -0.2) is 24.5 Å². The highest BCUT2D eigenvalue weighted by Crippen LogP contribution is 2.34. The van der Waals surface area contributed by atoms with E-state index >= 15 is 0 Å². The van der Waals surface area contributed by atoms with Crippen LogP contribution in [0.5, 0.6) is 0 Å².